The average molecular weight is 464 g/mol. The number of amides is 1. The molecular formula is C27H37N5O2. The summed E-state index contributed by atoms with van der Waals surface area (Å²) >= 11 is 0. The second-order valence-electron chi connectivity index (χ2n) is 9.66. The highest BCUT2D eigenvalue weighted by Gasteiger charge is 2.24. The average Bonchev–Trinajstić information content (AvgIpc) is 3.30. The van der Waals surface area contributed by atoms with Gasteiger partial charge in [-0.2, -0.15) is 0 Å². The molecule has 0 unspecified atom stereocenters. The van der Waals surface area contributed by atoms with E-state index >= 15 is 0 Å². The lowest BCUT2D eigenvalue weighted by Gasteiger charge is -2.33. The lowest BCUT2D eigenvalue weighted by Crippen LogP contribution is -2.40. The normalized spacial score (nSPS) is 19.4. The fourth-order valence-electron chi connectivity index (χ4n) is 4.93. The largest absolute Gasteiger partial charge is 0.395 e. The number of rotatable bonds is 10. The van der Waals surface area contributed by atoms with Crippen molar-refractivity contribution in [3.63, 3.8) is 0 Å². The van der Waals surface area contributed by atoms with Crippen LogP contribution in [-0.2, 0) is 6.42 Å². The molecule has 0 saturated heterocycles. The van der Waals surface area contributed by atoms with Crippen LogP contribution in [0.5, 0.6) is 0 Å². The molecule has 0 radical (unpaired) electrons. The molecule has 5 N–H and O–H groups in total. The van der Waals surface area contributed by atoms with Gasteiger partial charge in [-0.1, -0.05) is 24.3 Å². The Bertz CT molecular complexity index is 1020. The zero-order chi connectivity index (χ0) is 23.9. The second kappa shape index (κ2) is 11.5. The minimum absolute atomic E-state index is 0.0141. The van der Waals surface area contributed by atoms with Crippen molar-refractivity contribution in [2.24, 2.45) is 5.92 Å². The van der Waals surface area contributed by atoms with E-state index in [0.717, 1.165) is 68.1 Å². The highest BCUT2D eigenvalue weighted by molar-refractivity contribution is 5.98. The standard InChI is InChI=1S/C27H37N5O2/c1-19(18-33)32(15-13-21-8-11-26(28)29-17-21)14-12-20-6-9-23(10-7-20)30-27(34)25-16-22-4-2-3-5-24(22)31-25/h2-5,8,11,16-17,19-20,23,31,33H,6-7,9-10,12-15,18H2,1H3,(H2,28,29)(H,30,34)/t19-,20?,23?/m0/s1. The molecule has 1 aliphatic carbocycles. The number of pyridine rings is 1. The number of carbonyl (C=O) groups is 1. The third-order valence-electron chi connectivity index (χ3n) is 7.20. The van der Waals surface area contributed by atoms with Crippen LogP contribution in [0.15, 0.2) is 48.7 Å². The SMILES string of the molecule is C[C@@H](CO)N(CCc1ccc(N)nc1)CCC1CCC(NC(=O)c2cc3ccccc3[nH]2)CC1. The molecule has 0 aliphatic heterocycles. The molecule has 1 saturated carbocycles. The molecule has 1 aliphatic rings. The molecule has 1 aromatic carbocycles. The van der Waals surface area contributed by atoms with Crippen molar-refractivity contribution >= 4 is 22.6 Å². The first-order valence-electron chi connectivity index (χ1n) is 12.5. The summed E-state index contributed by atoms with van der Waals surface area (Å²) in [5.41, 5.74) is 8.47. The van der Waals surface area contributed by atoms with E-state index in [4.69, 9.17) is 5.73 Å². The van der Waals surface area contributed by atoms with E-state index in [9.17, 15) is 9.90 Å². The van der Waals surface area contributed by atoms with Gasteiger partial charge in [-0.25, -0.2) is 4.98 Å². The van der Waals surface area contributed by atoms with Crippen molar-refractivity contribution < 1.29 is 9.90 Å². The summed E-state index contributed by atoms with van der Waals surface area (Å²) in [6.45, 7) is 4.11. The Morgan fingerprint density at radius 2 is 2.00 bits per heavy atom. The van der Waals surface area contributed by atoms with Gasteiger partial charge in [-0.15, -0.1) is 0 Å². The summed E-state index contributed by atoms with van der Waals surface area (Å²) < 4.78 is 0. The molecular weight excluding hydrogens is 426 g/mol. The molecule has 34 heavy (non-hydrogen) atoms. The topological polar surface area (TPSA) is 107 Å². The molecule has 0 spiro atoms. The van der Waals surface area contributed by atoms with Gasteiger partial charge in [0.1, 0.15) is 11.5 Å². The number of benzene rings is 1. The number of carbonyl (C=O) groups excluding carboxylic acids is 1. The van der Waals surface area contributed by atoms with Crippen molar-refractivity contribution in [2.75, 3.05) is 25.4 Å². The van der Waals surface area contributed by atoms with Crippen LogP contribution < -0.4 is 11.1 Å². The van der Waals surface area contributed by atoms with Gasteiger partial charge in [0, 0.05) is 35.7 Å². The summed E-state index contributed by atoms with van der Waals surface area (Å²) in [5.74, 6) is 1.19. The fourth-order valence-corrected chi connectivity index (χ4v) is 4.93. The molecule has 2 aromatic heterocycles. The number of hydrogen-bond donors (Lipinski definition) is 4. The number of aromatic nitrogens is 2. The van der Waals surface area contributed by atoms with Crippen molar-refractivity contribution in [1.82, 2.24) is 20.2 Å². The molecule has 1 atom stereocenters. The summed E-state index contributed by atoms with van der Waals surface area (Å²) in [6.07, 6.45) is 8.13. The number of para-hydroxylation sites is 1. The molecule has 4 rings (SSSR count). The van der Waals surface area contributed by atoms with E-state index in [-0.39, 0.29) is 24.6 Å². The summed E-state index contributed by atoms with van der Waals surface area (Å²) in [5, 5.41) is 14.0. The zero-order valence-corrected chi connectivity index (χ0v) is 20.0. The molecule has 1 amide bonds. The molecule has 7 nitrogen and oxygen atoms in total. The molecule has 2 heterocycles. The Balaban J connectivity index is 1.22. The molecule has 7 heteroatoms. The van der Waals surface area contributed by atoms with Gasteiger partial charge in [-0.05, 0) is 81.7 Å². The van der Waals surface area contributed by atoms with Gasteiger partial charge < -0.3 is 21.1 Å². The predicted molar refractivity (Wildman–Crippen MR) is 137 cm³/mol. The van der Waals surface area contributed by atoms with Gasteiger partial charge in [0.15, 0.2) is 0 Å². The van der Waals surface area contributed by atoms with Crippen molar-refractivity contribution in [1.29, 1.82) is 0 Å². The van der Waals surface area contributed by atoms with Crippen LogP contribution in [0.2, 0.25) is 0 Å². The number of nitrogens with one attached hydrogen (secondary N) is 2. The fraction of sp³-hybridized carbons (Fsp3) is 0.481. The maximum atomic E-state index is 12.7. The van der Waals surface area contributed by atoms with Crippen LogP contribution in [-0.4, -0.2) is 57.7 Å². The van der Waals surface area contributed by atoms with Gasteiger partial charge in [0.2, 0.25) is 0 Å². The zero-order valence-electron chi connectivity index (χ0n) is 20.0. The summed E-state index contributed by atoms with van der Waals surface area (Å²) in [7, 11) is 0. The van der Waals surface area contributed by atoms with E-state index in [1.807, 2.05) is 48.7 Å². The number of nitrogens with zero attached hydrogens (tertiary/aromatic N) is 2. The number of hydrogen-bond acceptors (Lipinski definition) is 5. The summed E-state index contributed by atoms with van der Waals surface area (Å²) in [4.78, 5) is 22.5. The van der Waals surface area contributed by atoms with E-state index in [0.29, 0.717) is 17.4 Å². The minimum Gasteiger partial charge on any atom is -0.395 e. The first-order valence-corrected chi connectivity index (χ1v) is 12.5. The molecule has 1 fully saturated rings. The Hall–Kier alpha value is -2.90. The van der Waals surface area contributed by atoms with Gasteiger partial charge in [0.25, 0.3) is 5.91 Å². The van der Waals surface area contributed by atoms with Crippen molar-refractivity contribution in [3.8, 4) is 0 Å². The first kappa shape index (κ1) is 24.2. The van der Waals surface area contributed by atoms with E-state index in [1.165, 1.54) is 0 Å². The predicted octanol–water partition coefficient (Wildman–Crippen LogP) is 3.75. The number of anilines is 1. The van der Waals surface area contributed by atoms with Crippen LogP contribution in [0.3, 0.4) is 0 Å². The molecule has 182 valence electrons. The quantitative estimate of drug-likeness (QED) is 0.366. The third-order valence-corrected chi connectivity index (χ3v) is 7.20. The summed E-state index contributed by atoms with van der Waals surface area (Å²) in [6, 6.07) is 14.1. The van der Waals surface area contributed by atoms with Crippen LogP contribution in [0, 0.1) is 5.92 Å². The van der Waals surface area contributed by atoms with Crippen molar-refractivity contribution in [2.45, 2.75) is 57.5 Å². The van der Waals surface area contributed by atoms with Gasteiger partial charge in [0.05, 0.1) is 6.61 Å². The Kier molecular flexibility index (Phi) is 8.19. The number of nitrogens with two attached hydrogens (primary N) is 1. The number of aromatic amines is 1. The Morgan fingerprint density at radius 1 is 1.21 bits per heavy atom. The monoisotopic (exact) mass is 463 g/mol. The number of fused-ring (bicyclic) bond motifs is 1. The Labute approximate surface area is 201 Å². The maximum Gasteiger partial charge on any atom is 0.267 e. The van der Waals surface area contributed by atoms with Gasteiger partial charge >= 0.3 is 0 Å². The first-order chi connectivity index (χ1) is 16.5. The highest BCUT2D eigenvalue weighted by atomic mass is 16.3. The smallest absolute Gasteiger partial charge is 0.267 e. The number of H-pyrrole nitrogens is 1. The number of aliphatic hydroxyl groups is 1. The number of nitrogen functional groups attached to an aromatic ring is 1. The van der Waals surface area contributed by atoms with E-state index in [1.54, 1.807) is 0 Å². The maximum absolute atomic E-state index is 12.7. The van der Waals surface area contributed by atoms with E-state index in [2.05, 4.69) is 27.1 Å². The lowest BCUT2D eigenvalue weighted by molar-refractivity contribution is 0.0912. The number of aliphatic hydroxyl groups excluding tert-OH is 1. The third kappa shape index (κ3) is 6.36. The van der Waals surface area contributed by atoms with Crippen molar-refractivity contribution in [3.05, 3.63) is 59.9 Å². The molecule has 3 aromatic rings. The lowest BCUT2D eigenvalue weighted by atomic mass is 9.84. The minimum atomic E-state index is -0.0141. The van der Waals surface area contributed by atoms with Gasteiger partial charge in [-0.3, -0.25) is 9.69 Å². The molecule has 0 bridgehead atoms. The Morgan fingerprint density at radius 3 is 2.71 bits per heavy atom. The van der Waals surface area contributed by atoms with Crippen LogP contribution in [0.4, 0.5) is 5.82 Å². The second-order valence-corrected chi connectivity index (χ2v) is 9.66. The van der Waals surface area contributed by atoms with Crippen LogP contribution in [0.1, 0.15) is 55.1 Å². The van der Waals surface area contributed by atoms with E-state index < -0.39 is 0 Å². The van der Waals surface area contributed by atoms with Crippen LogP contribution >= 0.6 is 0 Å². The van der Waals surface area contributed by atoms with Crippen LogP contribution in [0.25, 0.3) is 10.9 Å². The highest BCUT2D eigenvalue weighted by Crippen LogP contribution is 2.28.